The molecule has 1 saturated carbocycles. The fourth-order valence-corrected chi connectivity index (χ4v) is 5.55. The molecular weight excluding hydrogens is 420 g/mol. The molecule has 0 radical (unpaired) electrons. The lowest BCUT2D eigenvalue weighted by Gasteiger charge is -2.32. The van der Waals surface area contributed by atoms with E-state index in [1.54, 1.807) is 28.6 Å². The van der Waals surface area contributed by atoms with Crippen LogP contribution in [0.1, 0.15) is 80.9 Å². The van der Waals surface area contributed by atoms with E-state index in [0.29, 0.717) is 18.7 Å². The highest BCUT2D eigenvalue weighted by atomic mass is 32.1. The van der Waals surface area contributed by atoms with Crippen molar-refractivity contribution in [3.63, 3.8) is 0 Å². The van der Waals surface area contributed by atoms with Crippen LogP contribution in [0.15, 0.2) is 52.0 Å². The number of furan rings is 1. The molecule has 1 unspecified atom stereocenters. The summed E-state index contributed by atoms with van der Waals surface area (Å²) in [5.41, 5.74) is 1.40. The average Bonchev–Trinajstić information content (AvgIpc) is 3.52. The lowest BCUT2D eigenvalue weighted by Crippen LogP contribution is -2.47. The van der Waals surface area contributed by atoms with Gasteiger partial charge < -0.3 is 14.6 Å². The summed E-state index contributed by atoms with van der Waals surface area (Å²) in [6.45, 7) is 0.527. The molecule has 0 aromatic carbocycles. The summed E-state index contributed by atoms with van der Waals surface area (Å²) in [5, 5.41) is 5.22. The van der Waals surface area contributed by atoms with Gasteiger partial charge in [-0.25, -0.2) is 0 Å². The molecule has 2 heterocycles. The van der Waals surface area contributed by atoms with E-state index in [9.17, 15) is 9.59 Å². The molecule has 2 aromatic heterocycles. The zero-order valence-electron chi connectivity index (χ0n) is 18.8. The molecule has 0 saturated heterocycles. The van der Waals surface area contributed by atoms with Crippen molar-refractivity contribution in [1.82, 2.24) is 10.2 Å². The van der Waals surface area contributed by atoms with Crippen LogP contribution in [0.25, 0.3) is 0 Å². The quantitative estimate of drug-likeness (QED) is 0.488. The first-order chi connectivity index (χ1) is 15.7. The number of allylic oxidation sites excluding steroid dienone is 1. The first kappa shape index (κ1) is 22.8. The molecular formula is C26H34N2O3S. The van der Waals surface area contributed by atoms with Crippen molar-refractivity contribution in [1.29, 1.82) is 0 Å². The zero-order chi connectivity index (χ0) is 22.2. The molecule has 0 aliphatic heterocycles. The lowest BCUT2D eigenvalue weighted by atomic mass is 9.95. The summed E-state index contributed by atoms with van der Waals surface area (Å²) in [6, 6.07) is 7.00. The van der Waals surface area contributed by atoms with Crippen LogP contribution in [0, 0.1) is 0 Å². The molecule has 0 bridgehead atoms. The highest BCUT2D eigenvalue weighted by molar-refractivity contribution is 7.10. The van der Waals surface area contributed by atoms with Crippen molar-refractivity contribution in [2.45, 2.75) is 82.7 Å². The number of hydrogen-bond donors (Lipinski definition) is 1. The standard InChI is InChI=1S/C26H34N2O3S/c29-24(19-22-13-8-18-32-22)28(16-15-20-9-3-1-4-10-20)25(23-14-7-17-31-23)26(30)27-21-11-5-2-6-12-21/h7-9,13-14,17-18,21,25H,1-6,10-12,15-16,19H2,(H,27,30). The molecule has 5 nitrogen and oxygen atoms in total. The van der Waals surface area contributed by atoms with Crippen LogP contribution in [0.3, 0.4) is 0 Å². The van der Waals surface area contributed by atoms with Crippen molar-refractivity contribution in [2.24, 2.45) is 0 Å². The van der Waals surface area contributed by atoms with Crippen LogP contribution in [0.5, 0.6) is 0 Å². The summed E-state index contributed by atoms with van der Waals surface area (Å²) in [5.74, 6) is 0.392. The third-order valence-electron chi connectivity index (χ3n) is 6.61. The number of thiophene rings is 1. The summed E-state index contributed by atoms with van der Waals surface area (Å²) in [7, 11) is 0. The topological polar surface area (TPSA) is 62.6 Å². The Balaban J connectivity index is 1.56. The Morgan fingerprint density at radius 2 is 2.00 bits per heavy atom. The molecule has 1 atom stereocenters. The molecule has 0 spiro atoms. The molecule has 1 N–H and O–H groups in total. The van der Waals surface area contributed by atoms with Crippen molar-refractivity contribution in [2.75, 3.05) is 6.54 Å². The molecule has 172 valence electrons. The van der Waals surface area contributed by atoms with Gasteiger partial charge >= 0.3 is 0 Å². The Labute approximate surface area is 194 Å². The molecule has 4 rings (SSSR count). The highest BCUT2D eigenvalue weighted by Gasteiger charge is 2.34. The predicted octanol–water partition coefficient (Wildman–Crippen LogP) is 5.79. The lowest BCUT2D eigenvalue weighted by molar-refractivity contribution is -0.141. The Bertz CT molecular complexity index is 882. The Kier molecular flexibility index (Phi) is 8.21. The Hall–Kier alpha value is -2.34. The summed E-state index contributed by atoms with van der Waals surface area (Å²) >= 11 is 1.58. The van der Waals surface area contributed by atoms with E-state index in [0.717, 1.165) is 49.8 Å². The number of nitrogens with one attached hydrogen (secondary N) is 1. The monoisotopic (exact) mass is 454 g/mol. The van der Waals surface area contributed by atoms with Crippen LogP contribution >= 0.6 is 11.3 Å². The second kappa shape index (κ2) is 11.5. The number of rotatable bonds is 9. The first-order valence-electron chi connectivity index (χ1n) is 12.0. The number of hydrogen-bond acceptors (Lipinski definition) is 4. The van der Waals surface area contributed by atoms with Gasteiger partial charge in [-0.3, -0.25) is 9.59 Å². The second-order valence-corrected chi connectivity index (χ2v) is 10.00. The van der Waals surface area contributed by atoms with Crippen LogP contribution in [-0.4, -0.2) is 29.3 Å². The fourth-order valence-electron chi connectivity index (χ4n) is 4.86. The van der Waals surface area contributed by atoms with Gasteiger partial charge in [0.1, 0.15) is 5.76 Å². The average molecular weight is 455 g/mol. The van der Waals surface area contributed by atoms with Crippen molar-refractivity contribution >= 4 is 23.2 Å². The minimum atomic E-state index is -0.733. The van der Waals surface area contributed by atoms with Gasteiger partial charge in [-0.05, 0) is 68.5 Å². The maximum atomic E-state index is 13.5. The SMILES string of the molecule is O=C(NC1CCCCC1)C(c1ccco1)N(CCC1=CCCCC1)C(=O)Cc1cccs1. The molecule has 6 heteroatoms. The van der Waals surface area contributed by atoms with E-state index in [1.165, 1.54) is 24.8 Å². The molecule has 2 aliphatic carbocycles. The minimum Gasteiger partial charge on any atom is -0.467 e. The van der Waals surface area contributed by atoms with E-state index < -0.39 is 6.04 Å². The molecule has 1 fully saturated rings. The predicted molar refractivity (Wildman–Crippen MR) is 127 cm³/mol. The van der Waals surface area contributed by atoms with Crippen LogP contribution in [-0.2, 0) is 16.0 Å². The third-order valence-corrected chi connectivity index (χ3v) is 7.49. The van der Waals surface area contributed by atoms with Gasteiger partial charge in [0.15, 0.2) is 6.04 Å². The number of amides is 2. The third kappa shape index (κ3) is 6.12. The van der Waals surface area contributed by atoms with Crippen molar-refractivity contribution in [3.05, 3.63) is 58.2 Å². The zero-order valence-corrected chi connectivity index (χ0v) is 19.6. The summed E-state index contributed by atoms with van der Waals surface area (Å²) in [6.07, 6.45) is 15.2. The number of nitrogens with zero attached hydrogens (tertiary/aromatic N) is 1. The Morgan fingerprint density at radius 3 is 2.69 bits per heavy atom. The van der Waals surface area contributed by atoms with Crippen LogP contribution < -0.4 is 5.32 Å². The first-order valence-corrected chi connectivity index (χ1v) is 12.9. The maximum absolute atomic E-state index is 13.5. The molecule has 2 aromatic rings. The van der Waals surface area contributed by atoms with Gasteiger partial charge in [0.25, 0.3) is 5.91 Å². The van der Waals surface area contributed by atoms with Gasteiger partial charge in [-0.1, -0.05) is 37.0 Å². The van der Waals surface area contributed by atoms with E-state index in [1.807, 2.05) is 23.6 Å². The molecule has 2 aliphatic rings. The Morgan fingerprint density at radius 1 is 1.12 bits per heavy atom. The largest absolute Gasteiger partial charge is 0.467 e. The second-order valence-electron chi connectivity index (χ2n) is 8.96. The van der Waals surface area contributed by atoms with Gasteiger partial charge in [0.05, 0.1) is 12.7 Å². The summed E-state index contributed by atoms with van der Waals surface area (Å²) in [4.78, 5) is 29.8. The smallest absolute Gasteiger partial charge is 0.250 e. The van der Waals surface area contributed by atoms with E-state index in [2.05, 4.69) is 11.4 Å². The van der Waals surface area contributed by atoms with Crippen molar-refractivity contribution < 1.29 is 14.0 Å². The number of carbonyl (C=O) groups is 2. The van der Waals surface area contributed by atoms with Crippen LogP contribution in [0.2, 0.25) is 0 Å². The highest BCUT2D eigenvalue weighted by Crippen LogP contribution is 2.28. The normalized spacial score (nSPS) is 18.1. The number of carbonyl (C=O) groups excluding carboxylic acids is 2. The van der Waals surface area contributed by atoms with E-state index in [4.69, 9.17) is 4.42 Å². The summed E-state index contributed by atoms with van der Waals surface area (Å²) < 4.78 is 5.70. The van der Waals surface area contributed by atoms with Gasteiger partial charge in [0.2, 0.25) is 5.91 Å². The maximum Gasteiger partial charge on any atom is 0.250 e. The van der Waals surface area contributed by atoms with E-state index >= 15 is 0 Å². The van der Waals surface area contributed by atoms with E-state index in [-0.39, 0.29) is 17.9 Å². The van der Waals surface area contributed by atoms with Gasteiger partial charge in [-0.2, -0.15) is 0 Å². The minimum absolute atomic E-state index is 0.0240. The van der Waals surface area contributed by atoms with Gasteiger partial charge in [0, 0.05) is 17.5 Å². The molecule has 32 heavy (non-hydrogen) atoms. The molecule has 2 amide bonds. The van der Waals surface area contributed by atoms with Gasteiger partial charge in [-0.15, -0.1) is 11.3 Å². The van der Waals surface area contributed by atoms with Crippen LogP contribution in [0.4, 0.5) is 0 Å². The fraction of sp³-hybridized carbons (Fsp3) is 0.538. The van der Waals surface area contributed by atoms with Crippen molar-refractivity contribution in [3.8, 4) is 0 Å².